The molecule has 0 spiro atoms. The maximum absolute atomic E-state index is 11.6. The number of halogens is 1. The Hall–Kier alpha value is -2.04. The predicted molar refractivity (Wildman–Crippen MR) is 115 cm³/mol. The highest BCUT2D eigenvalue weighted by atomic mass is 127. The fourth-order valence-electron chi connectivity index (χ4n) is 2.67. The standard InChI is InChI=1S/C18H27N5O3.HI/c1-12-9-13(2)23(22-12)8-6-7-20-18(19-4)21-11-15-10-16(14(3)26-15)17(24)25-5;/h9-10H,6-8,11H2,1-5H3,(H2,19,20,21);1H. The molecule has 0 saturated carbocycles. The van der Waals surface area contributed by atoms with Crippen LogP contribution in [0.3, 0.4) is 0 Å². The molecule has 0 unspecified atom stereocenters. The third-order valence-corrected chi connectivity index (χ3v) is 3.97. The minimum Gasteiger partial charge on any atom is -0.465 e. The van der Waals surface area contributed by atoms with Gasteiger partial charge >= 0.3 is 5.97 Å². The molecule has 0 fully saturated rings. The zero-order chi connectivity index (χ0) is 19.1. The van der Waals surface area contributed by atoms with Gasteiger partial charge in [0.15, 0.2) is 5.96 Å². The van der Waals surface area contributed by atoms with E-state index in [0.717, 1.165) is 25.2 Å². The fourth-order valence-corrected chi connectivity index (χ4v) is 2.67. The van der Waals surface area contributed by atoms with E-state index in [4.69, 9.17) is 9.15 Å². The molecular weight excluding hydrogens is 461 g/mol. The van der Waals surface area contributed by atoms with Gasteiger partial charge in [-0.15, -0.1) is 24.0 Å². The highest BCUT2D eigenvalue weighted by Gasteiger charge is 2.15. The van der Waals surface area contributed by atoms with Crippen LogP contribution in [0, 0.1) is 20.8 Å². The van der Waals surface area contributed by atoms with E-state index < -0.39 is 5.97 Å². The van der Waals surface area contributed by atoms with Crippen molar-refractivity contribution in [1.82, 2.24) is 20.4 Å². The SMILES string of the molecule is CN=C(NCCCn1nc(C)cc1C)NCc1cc(C(=O)OC)c(C)o1.I. The third kappa shape index (κ3) is 6.56. The number of hydrogen-bond donors (Lipinski definition) is 2. The third-order valence-electron chi connectivity index (χ3n) is 3.97. The average Bonchev–Trinajstić information content (AvgIpc) is 3.14. The molecule has 2 aromatic heterocycles. The zero-order valence-corrected chi connectivity index (χ0v) is 18.8. The van der Waals surface area contributed by atoms with E-state index in [1.807, 2.05) is 11.6 Å². The van der Waals surface area contributed by atoms with Crippen molar-refractivity contribution in [2.24, 2.45) is 4.99 Å². The van der Waals surface area contributed by atoms with Crippen molar-refractivity contribution in [2.45, 2.75) is 40.3 Å². The van der Waals surface area contributed by atoms with Crippen LogP contribution in [-0.4, -0.2) is 42.4 Å². The van der Waals surface area contributed by atoms with Crippen molar-refractivity contribution in [3.63, 3.8) is 0 Å². The first kappa shape index (κ1) is 23.0. The van der Waals surface area contributed by atoms with Crippen LogP contribution in [0.1, 0.15) is 39.7 Å². The smallest absolute Gasteiger partial charge is 0.341 e. The predicted octanol–water partition coefficient (Wildman–Crippen LogP) is 2.56. The summed E-state index contributed by atoms with van der Waals surface area (Å²) in [5.41, 5.74) is 2.64. The van der Waals surface area contributed by atoms with Gasteiger partial charge in [-0.05, 0) is 39.3 Å². The fraction of sp³-hybridized carbons (Fsp3) is 0.500. The van der Waals surface area contributed by atoms with Crippen molar-refractivity contribution in [2.75, 3.05) is 20.7 Å². The number of aliphatic imine (C=N–C) groups is 1. The number of nitrogens with zero attached hydrogens (tertiary/aromatic N) is 3. The lowest BCUT2D eigenvalue weighted by molar-refractivity contribution is 0.0599. The summed E-state index contributed by atoms with van der Waals surface area (Å²) in [7, 11) is 3.06. The zero-order valence-electron chi connectivity index (χ0n) is 16.5. The summed E-state index contributed by atoms with van der Waals surface area (Å²) in [6.07, 6.45) is 0.926. The number of methoxy groups -OCH3 is 1. The molecule has 0 radical (unpaired) electrons. The van der Waals surface area contributed by atoms with E-state index >= 15 is 0 Å². The second-order valence-electron chi connectivity index (χ2n) is 6.03. The molecular formula is C18H28IN5O3. The summed E-state index contributed by atoms with van der Waals surface area (Å²) in [5.74, 6) is 1.46. The van der Waals surface area contributed by atoms with Gasteiger partial charge in [0, 0.05) is 25.8 Å². The Labute approximate surface area is 176 Å². The molecule has 0 aliphatic carbocycles. The number of furan rings is 1. The van der Waals surface area contributed by atoms with Gasteiger partial charge in [-0.3, -0.25) is 9.67 Å². The maximum Gasteiger partial charge on any atom is 0.341 e. The molecule has 0 aliphatic heterocycles. The molecule has 2 aromatic rings. The molecule has 2 heterocycles. The van der Waals surface area contributed by atoms with E-state index in [2.05, 4.69) is 33.7 Å². The number of rotatable bonds is 7. The summed E-state index contributed by atoms with van der Waals surface area (Å²) in [6, 6.07) is 3.76. The monoisotopic (exact) mass is 489 g/mol. The lowest BCUT2D eigenvalue weighted by Crippen LogP contribution is -2.37. The second-order valence-corrected chi connectivity index (χ2v) is 6.03. The van der Waals surface area contributed by atoms with Crippen LogP contribution < -0.4 is 10.6 Å². The van der Waals surface area contributed by atoms with Crippen LogP contribution in [0.5, 0.6) is 0 Å². The van der Waals surface area contributed by atoms with Crippen LogP contribution in [0.2, 0.25) is 0 Å². The van der Waals surface area contributed by atoms with Gasteiger partial charge in [0.25, 0.3) is 0 Å². The lowest BCUT2D eigenvalue weighted by atomic mass is 10.2. The summed E-state index contributed by atoms with van der Waals surface area (Å²) in [6.45, 7) is 7.83. The van der Waals surface area contributed by atoms with Gasteiger partial charge in [0.1, 0.15) is 17.1 Å². The Morgan fingerprint density at radius 1 is 1.30 bits per heavy atom. The molecule has 0 bridgehead atoms. The van der Waals surface area contributed by atoms with Crippen LogP contribution in [-0.2, 0) is 17.8 Å². The van der Waals surface area contributed by atoms with Crippen molar-refractivity contribution < 1.29 is 13.9 Å². The van der Waals surface area contributed by atoms with E-state index in [1.54, 1.807) is 20.0 Å². The van der Waals surface area contributed by atoms with E-state index in [0.29, 0.717) is 29.6 Å². The number of esters is 1. The molecule has 0 amide bonds. The van der Waals surface area contributed by atoms with Gasteiger partial charge in [-0.25, -0.2) is 4.79 Å². The minimum absolute atomic E-state index is 0. The molecule has 2 rings (SSSR count). The largest absolute Gasteiger partial charge is 0.465 e. The van der Waals surface area contributed by atoms with Crippen LogP contribution in [0.4, 0.5) is 0 Å². The van der Waals surface area contributed by atoms with Crippen LogP contribution >= 0.6 is 24.0 Å². The van der Waals surface area contributed by atoms with Crippen molar-refractivity contribution in [3.8, 4) is 0 Å². The van der Waals surface area contributed by atoms with Crippen LogP contribution in [0.25, 0.3) is 0 Å². The first-order valence-electron chi connectivity index (χ1n) is 8.57. The van der Waals surface area contributed by atoms with E-state index in [9.17, 15) is 4.79 Å². The van der Waals surface area contributed by atoms with Crippen molar-refractivity contribution in [1.29, 1.82) is 0 Å². The van der Waals surface area contributed by atoms with E-state index in [1.165, 1.54) is 12.8 Å². The highest BCUT2D eigenvalue weighted by Crippen LogP contribution is 2.15. The van der Waals surface area contributed by atoms with Gasteiger partial charge in [-0.1, -0.05) is 0 Å². The van der Waals surface area contributed by atoms with Gasteiger partial charge < -0.3 is 19.8 Å². The first-order chi connectivity index (χ1) is 12.4. The molecule has 27 heavy (non-hydrogen) atoms. The Morgan fingerprint density at radius 3 is 2.63 bits per heavy atom. The maximum atomic E-state index is 11.6. The molecule has 2 N–H and O–H groups in total. The Morgan fingerprint density at radius 2 is 2.04 bits per heavy atom. The Kier molecular flexibility index (Phi) is 9.33. The number of ether oxygens (including phenoxy) is 1. The number of guanidine groups is 1. The summed E-state index contributed by atoms with van der Waals surface area (Å²) in [5, 5.41) is 10.9. The minimum atomic E-state index is -0.399. The first-order valence-corrected chi connectivity index (χ1v) is 8.57. The van der Waals surface area contributed by atoms with E-state index in [-0.39, 0.29) is 24.0 Å². The molecule has 0 aliphatic rings. The Balaban J connectivity index is 0.00000364. The van der Waals surface area contributed by atoms with Gasteiger partial charge in [-0.2, -0.15) is 5.10 Å². The second kappa shape index (κ2) is 11.0. The number of aryl methyl sites for hydroxylation is 4. The topological polar surface area (TPSA) is 93.7 Å². The molecule has 9 heteroatoms. The Bertz CT molecular complexity index is 782. The van der Waals surface area contributed by atoms with Gasteiger partial charge in [0.2, 0.25) is 0 Å². The summed E-state index contributed by atoms with van der Waals surface area (Å²) >= 11 is 0. The molecule has 0 aromatic carbocycles. The number of carbonyl (C=O) groups excluding carboxylic acids is 1. The lowest BCUT2D eigenvalue weighted by Gasteiger charge is -2.11. The molecule has 150 valence electrons. The van der Waals surface area contributed by atoms with Crippen LogP contribution in [0.15, 0.2) is 21.5 Å². The van der Waals surface area contributed by atoms with Crippen molar-refractivity contribution >= 4 is 35.9 Å². The normalized spacial score (nSPS) is 11.1. The summed E-state index contributed by atoms with van der Waals surface area (Å²) < 4.78 is 12.3. The molecule has 0 atom stereocenters. The number of hydrogen-bond acceptors (Lipinski definition) is 5. The van der Waals surface area contributed by atoms with Crippen molar-refractivity contribution in [3.05, 3.63) is 40.6 Å². The molecule has 8 nitrogen and oxygen atoms in total. The highest BCUT2D eigenvalue weighted by molar-refractivity contribution is 14.0. The number of aromatic nitrogens is 2. The number of carbonyl (C=O) groups is 1. The quantitative estimate of drug-likeness (QED) is 0.204. The summed E-state index contributed by atoms with van der Waals surface area (Å²) in [4.78, 5) is 15.8. The number of nitrogens with one attached hydrogen (secondary N) is 2. The average molecular weight is 489 g/mol. The van der Waals surface area contributed by atoms with Gasteiger partial charge in [0.05, 0.1) is 19.3 Å². The molecule has 0 saturated heterocycles.